The van der Waals surface area contributed by atoms with E-state index in [0.717, 1.165) is 5.56 Å². The predicted molar refractivity (Wildman–Crippen MR) is 60.4 cm³/mol. The Kier molecular flexibility index (Phi) is 4.96. The standard InChI is InChI=1S/C11H14ClF2NO/c1-7(15-2)9-5-8(12)3-4-10(9)16-6-11(13)14/h3-5,7,11,15H,6H2,1-2H3. The molecule has 0 fully saturated rings. The van der Waals surface area contributed by atoms with Gasteiger partial charge >= 0.3 is 0 Å². The molecule has 90 valence electrons. The van der Waals surface area contributed by atoms with Crippen molar-refractivity contribution in [1.29, 1.82) is 0 Å². The molecule has 5 heteroatoms. The van der Waals surface area contributed by atoms with Crippen LogP contribution < -0.4 is 10.1 Å². The van der Waals surface area contributed by atoms with Gasteiger partial charge < -0.3 is 10.1 Å². The summed E-state index contributed by atoms with van der Waals surface area (Å²) in [6.45, 7) is 1.30. The average Bonchev–Trinajstić information content (AvgIpc) is 2.26. The maximum absolute atomic E-state index is 12.0. The highest BCUT2D eigenvalue weighted by molar-refractivity contribution is 6.30. The van der Waals surface area contributed by atoms with Crippen LogP contribution in [0.15, 0.2) is 18.2 Å². The van der Waals surface area contributed by atoms with Crippen molar-refractivity contribution < 1.29 is 13.5 Å². The summed E-state index contributed by atoms with van der Waals surface area (Å²) in [5.74, 6) is 0.437. The first-order chi connectivity index (χ1) is 7.54. The highest BCUT2D eigenvalue weighted by atomic mass is 35.5. The van der Waals surface area contributed by atoms with Crippen molar-refractivity contribution in [3.8, 4) is 5.75 Å². The number of benzene rings is 1. The summed E-state index contributed by atoms with van der Waals surface area (Å²) < 4.78 is 29.1. The summed E-state index contributed by atoms with van der Waals surface area (Å²) in [6.07, 6.45) is -2.48. The Labute approximate surface area is 98.6 Å². The number of nitrogens with one attached hydrogen (secondary N) is 1. The summed E-state index contributed by atoms with van der Waals surface area (Å²) >= 11 is 5.85. The molecule has 1 aromatic rings. The number of rotatable bonds is 5. The second-order valence-electron chi connectivity index (χ2n) is 3.39. The van der Waals surface area contributed by atoms with E-state index in [9.17, 15) is 8.78 Å². The van der Waals surface area contributed by atoms with Crippen molar-refractivity contribution in [1.82, 2.24) is 5.32 Å². The lowest BCUT2D eigenvalue weighted by atomic mass is 10.1. The highest BCUT2D eigenvalue weighted by Crippen LogP contribution is 2.28. The number of alkyl halides is 2. The summed E-state index contributed by atoms with van der Waals surface area (Å²) in [5.41, 5.74) is 0.774. The van der Waals surface area contributed by atoms with Crippen LogP contribution in [-0.2, 0) is 0 Å². The zero-order valence-corrected chi connectivity index (χ0v) is 9.89. The Morgan fingerprint density at radius 1 is 1.44 bits per heavy atom. The second-order valence-corrected chi connectivity index (χ2v) is 3.83. The van der Waals surface area contributed by atoms with Gasteiger partial charge in [0.05, 0.1) is 0 Å². The molecule has 1 N–H and O–H groups in total. The quantitative estimate of drug-likeness (QED) is 0.865. The van der Waals surface area contributed by atoms with E-state index in [0.29, 0.717) is 10.8 Å². The molecule has 0 bridgehead atoms. The molecule has 1 aromatic carbocycles. The van der Waals surface area contributed by atoms with Crippen molar-refractivity contribution in [3.63, 3.8) is 0 Å². The molecule has 16 heavy (non-hydrogen) atoms. The summed E-state index contributed by atoms with van der Waals surface area (Å²) in [4.78, 5) is 0. The van der Waals surface area contributed by atoms with Gasteiger partial charge in [0.1, 0.15) is 12.4 Å². The van der Waals surface area contributed by atoms with Crippen LogP contribution in [0.1, 0.15) is 18.5 Å². The van der Waals surface area contributed by atoms with Crippen LogP contribution in [0, 0.1) is 0 Å². The lowest BCUT2D eigenvalue weighted by Crippen LogP contribution is -2.15. The van der Waals surface area contributed by atoms with E-state index in [2.05, 4.69) is 5.32 Å². The van der Waals surface area contributed by atoms with Crippen molar-refractivity contribution in [2.45, 2.75) is 19.4 Å². The minimum atomic E-state index is -2.48. The van der Waals surface area contributed by atoms with Crippen LogP contribution in [0.5, 0.6) is 5.75 Å². The van der Waals surface area contributed by atoms with Gasteiger partial charge in [-0.3, -0.25) is 0 Å². The zero-order chi connectivity index (χ0) is 12.1. The van der Waals surface area contributed by atoms with Crippen LogP contribution in [0.4, 0.5) is 8.78 Å². The molecule has 0 aliphatic heterocycles. The Hall–Kier alpha value is -0.870. The van der Waals surface area contributed by atoms with Crippen LogP contribution in [0.2, 0.25) is 5.02 Å². The summed E-state index contributed by atoms with van der Waals surface area (Å²) in [6, 6.07) is 4.93. The van der Waals surface area contributed by atoms with E-state index >= 15 is 0 Å². The third-order valence-electron chi connectivity index (χ3n) is 2.24. The van der Waals surface area contributed by atoms with Gasteiger partial charge in [-0.15, -0.1) is 0 Å². The number of ether oxygens (including phenoxy) is 1. The minimum absolute atomic E-state index is 0.00799. The fourth-order valence-electron chi connectivity index (χ4n) is 1.30. The van der Waals surface area contributed by atoms with Crippen LogP contribution >= 0.6 is 11.6 Å². The van der Waals surface area contributed by atoms with Gasteiger partial charge in [-0.2, -0.15) is 0 Å². The summed E-state index contributed by atoms with van der Waals surface area (Å²) in [7, 11) is 1.78. The monoisotopic (exact) mass is 249 g/mol. The maximum atomic E-state index is 12.0. The molecule has 1 unspecified atom stereocenters. The van der Waals surface area contributed by atoms with Crippen molar-refractivity contribution in [2.75, 3.05) is 13.7 Å². The van der Waals surface area contributed by atoms with E-state index in [1.165, 1.54) is 0 Å². The third kappa shape index (κ3) is 3.61. The fourth-order valence-corrected chi connectivity index (χ4v) is 1.48. The largest absolute Gasteiger partial charge is 0.487 e. The van der Waals surface area contributed by atoms with Gasteiger partial charge in [0.15, 0.2) is 0 Å². The molecule has 0 saturated carbocycles. The van der Waals surface area contributed by atoms with Gasteiger partial charge in [-0.1, -0.05) is 11.6 Å². The number of hydrogen-bond acceptors (Lipinski definition) is 2. The highest BCUT2D eigenvalue weighted by Gasteiger charge is 2.12. The van der Waals surface area contributed by atoms with Gasteiger partial charge in [0.25, 0.3) is 6.43 Å². The molecular formula is C11H14ClF2NO. The van der Waals surface area contributed by atoms with E-state index in [4.69, 9.17) is 16.3 Å². The Balaban J connectivity index is 2.89. The fraction of sp³-hybridized carbons (Fsp3) is 0.455. The molecule has 0 aromatic heterocycles. The molecule has 1 atom stereocenters. The van der Waals surface area contributed by atoms with Gasteiger partial charge in [-0.05, 0) is 32.2 Å². The van der Waals surface area contributed by atoms with Crippen LogP contribution in [-0.4, -0.2) is 20.1 Å². The smallest absolute Gasteiger partial charge is 0.272 e. The Morgan fingerprint density at radius 2 is 2.12 bits per heavy atom. The molecule has 0 saturated heterocycles. The molecule has 0 spiro atoms. The van der Waals surface area contributed by atoms with Gasteiger partial charge in [-0.25, -0.2) is 8.78 Å². The molecule has 1 rings (SSSR count). The third-order valence-corrected chi connectivity index (χ3v) is 2.47. The first kappa shape index (κ1) is 13.2. The molecular weight excluding hydrogens is 236 g/mol. The topological polar surface area (TPSA) is 21.3 Å². The van der Waals surface area contributed by atoms with Gasteiger partial charge in [0.2, 0.25) is 0 Å². The van der Waals surface area contributed by atoms with Gasteiger partial charge in [0, 0.05) is 16.6 Å². The lowest BCUT2D eigenvalue weighted by molar-refractivity contribution is 0.0812. The Morgan fingerprint density at radius 3 is 2.69 bits per heavy atom. The minimum Gasteiger partial charge on any atom is -0.487 e. The maximum Gasteiger partial charge on any atom is 0.272 e. The summed E-state index contributed by atoms with van der Waals surface area (Å²) in [5, 5.41) is 3.57. The van der Waals surface area contributed by atoms with E-state index in [1.807, 2.05) is 6.92 Å². The number of halogens is 3. The van der Waals surface area contributed by atoms with Crippen molar-refractivity contribution in [2.24, 2.45) is 0 Å². The van der Waals surface area contributed by atoms with Crippen LogP contribution in [0.3, 0.4) is 0 Å². The lowest BCUT2D eigenvalue weighted by Gasteiger charge is -2.16. The van der Waals surface area contributed by atoms with Crippen molar-refractivity contribution >= 4 is 11.6 Å². The van der Waals surface area contributed by atoms with Crippen molar-refractivity contribution in [3.05, 3.63) is 28.8 Å². The van der Waals surface area contributed by atoms with E-state index in [-0.39, 0.29) is 6.04 Å². The predicted octanol–water partition coefficient (Wildman–Crippen LogP) is 3.26. The normalized spacial score (nSPS) is 12.9. The number of hydrogen-bond donors (Lipinski definition) is 1. The SMILES string of the molecule is CNC(C)c1cc(Cl)ccc1OCC(F)F. The second kappa shape index (κ2) is 6.01. The molecule has 0 amide bonds. The first-order valence-corrected chi connectivity index (χ1v) is 5.30. The first-order valence-electron chi connectivity index (χ1n) is 4.92. The van der Waals surface area contributed by atoms with E-state index in [1.54, 1.807) is 25.2 Å². The molecule has 0 aliphatic rings. The Bertz CT molecular complexity index is 347. The molecule has 2 nitrogen and oxygen atoms in total. The molecule has 0 aliphatic carbocycles. The van der Waals surface area contributed by atoms with Crippen LogP contribution in [0.25, 0.3) is 0 Å². The molecule has 0 heterocycles. The molecule has 0 radical (unpaired) electrons. The zero-order valence-electron chi connectivity index (χ0n) is 9.14. The van der Waals surface area contributed by atoms with E-state index < -0.39 is 13.0 Å². The average molecular weight is 250 g/mol.